The SMILES string of the molecule is O=C(O)NCCOC1CC(CCCc2ccc3c(n2)NCCC3)C1. The van der Waals surface area contributed by atoms with Gasteiger partial charge in [-0.2, -0.15) is 0 Å². The third-order valence-electron chi connectivity index (χ3n) is 4.92. The normalized spacial score (nSPS) is 22.2. The Kier molecular flexibility index (Phi) is 5.91. The first-order valence-corrected chi connectivity index (χ1v) is 9.02. The Morgan fingerprint density at radius 2 is 2.29 bits per heavy atom. The number of anilines is 1. The molecule has 1 aromatic rings. The molecule has 132 valence electrons. The maximum absolute atomic E-state index is 10.3. The fraction of sp³-hybridized carbons (Fsp3) is 0.667. The predicted molar refractivity (Wildman–Crippen MR) is 92.5 cm³/mol. The molecule has 0 spiro atoms. The van der Waals surface area contributed by atoms with Gasteiger partial charge in [0, 0.05) is 18.8 Å². The molecule has 1 aliphatic carbocycles. The van der Waals surface area contributed by atoms with E-state index in [1.54, 1.807) is 0 Å². The van der Waals surface area contributed by atoms with Crippen LogP contribution in [-0.2, 0) is 17.6 Å². The zero-order valence-corrected chi connectivity index (χ0v) is 14.1. The molecule has 0 aromatic carbocycles. The van der Waals surface area contributed by atoms with Gasteiger partial charge in [0.1, 0.15) is 5.82 Å². The number of pyridine rings is 1. The second kappa shape index (κ2) is 8.33. The van der Waals surface area contributed by atoms with Crippen molar-refractivity contribution in [3.63, 3.8) is 0 Å². The molecule has 6 heteroatoms. The number of hydrogen-bond acceptors (Lipinski definition) is 4. The average molecular weight is 333 g/mol. The minimum Gasteiger partial charge on any atom is -0.465 e. The van der Waals surface area contributed by atoms with Crippen LogP contribution in [0.1, 0.15) is 43.4 Å². The Morgan fingerprint density at radius 3 is 3.12 bits per heavy atom. The first kappa shape index (κ1) is 17.0. The van der Waals surface area contributed by atoms with Crippen molar-refractivity contribution in [2.45, 2.75) is 51.0 Å². The van der Waals surface area contributed by atoms with Crippen molar-refractivity contribution in [1.29, 1.82) is 0 Å². The molecule has 0 unspecified atom stereocenters. The number of aromatic nitrogens is 1. The molecule has 3 N–H and O–H groups in total. The molecule has 0 bridgehead atoms. The highest BCUT2D eigenvalue weighted by atomic mass is 16.5. The summed E-state index contributed by atoms with van der Waals surface area (Å²) in [5, 5.41) is 14.2. The van der Waals surface area contributed by atoms with Gasteiger partial charge in [-0.25, -0.2) is 9.78 Å². The van der Waals surface area contributed by atoms with Crippen LogP contribution in [0.3, 0.4) is 0 Å². The number of carboxylic acid groups (broad SMARTS) is 1. The number of amides is 1. The lowest BCUT2D eigenvalue weighted by atomic mass is 9.79. The van der Waals surface area contributed by atoms with E-state index < -0.39 is 6.09 Å². The zero-order valence-electron chi connectivity index (χ0n) is 14.1. The summed E-state index contributed by atoms with van der Waals surface area (Å²) in [5.74, 6) is 1.84. The van der Waals surface area contributed by atoms with E-state index in [-0.39, 0.29) is 0 Å². The molecule has 1 aliphatic heterocycles. The summed E-state index contributed by atoms with van der Waals surface area (Å²) in [6.45, 7) is 1.87. The topological polar surface area (TPSA) is 83.5 Å². The van der Waals surface area contributed by atoms with Gasteiger partial charge in [0.25, 0.3) is 0 Å². The van der Waals surface area contributed by atoms with Crippen LogP contribution in [0.4, 0.5) is 10.6 Å². The van der Waals surface area contributed by atoms with Crippen molar-refractivity contribution in [2.75, 3.05) is 25.0 Å². The van der Waals surface area contributed by atoms with Crippen LogP contribution >= 0.6 is 0 Å². The molecule has 0 saturated heterocycles. The lowest BCUT2D eigenvalue weighted by Crippen LogP contribution is -2.34. The molecule has 3 rings (SSSR count). The summed E-state index contributed by atoms with van der Waals surface area (Å²) >= 11 is 0. The van der Waals surface area contributed by atoms with Crippen LogP contribution in [0, 0.1) is 5.92 Å². The van der Waals surface area contributed by atoms with E-state index in [0.717, 1.165) is 44.0 Å². The number of carbonyl (C=O) groups is 1. The Labute approximate surface area is 143 Å². The van der Waals surface area contributed by atoms with E-state index in [2.05, 4.69) is 22.8 Å². The monoisotopic (exact) mass is 333 g/mol. The highest BCUT2D eigenvalue weighted by Gasteiger charge is 2.29. The maximum atomic E-state index is 10.3. The Bertz CT molecular complexity index is 558. The van der Waals surface area contributed by atoms with Gasteiger partial charge >= 0.3 is 6.09 Å². The van der Waals surface area contributed by atoms with Gasteiger partial charge in [-0.15, -0.1) is 0 Å². The second-order valence-corrected chi connectivity index (χ2v) is 6.80. The summed E-state index contributed by atoms with van der Waals surface area (Å²) < 4.78 is 5.64. The summed E-state index contributed by atoms with van der Waals surface area (Å²) in [6, 6.07) is 4.40. The second-order valence-electron chi connectivity index (χ2n) is 6.80. The largest absolute Gasteiger partial charge is 0.465 e. The molecule has 0 radical (unpaired) electrons. The third kappa shape index (κ3) is 4.84. The quantitative estimate of drug-likeness (QED) is 0.637. The predicted octanol–water partition coefficient (Wildman–Crippen LogP) is 2.83. The van der Waals surface area contributed by atoms with E-state index in [1.807, 2.05) is 0 Å². The van der Waals surface area contributed by atoms with Crippen LogP contribution in [0.15, 0.2) is 12.1 Å². The smallest absolute Gasteiger partial charge is 0.404 e. The molecule has 1 saturated carbocycles. The maximum Gasteiger partial charge on any atom is 0.404 e. The van der Waals surface area contributed by atoms with Gasteiger partial charge < -0.3 is 20.5 Å². The molecular weight excluding hydrogens is 306 g/mol. The molecule has 6 nitrogen and oxygen atoms in total. The van der Waals surface area contributed by atoms with E-state index >= 15 is 0 Å². The highest BCUT2D eigenvalue weighted by Crippen LogP contribution is 2.34. The zero-order chi connectivity index (χ0) is 16.8. The molecular formula is C18H27N3O3. The Morgan fingerprint density at radius 1 is 1.42 bits per heavy atom. The number of ether oxygens (including phenoxy) is 1. The van der Waals surface area contributed by atoms with Gasteiger partial charge in [-0.3, -0.25) is 0 Å². The lowest BCUT2D eigenvalue weighted by Gasteiger charge is -2.35. The molecule has 1 fully saturated rings. The fourth-order valence-corrected chi connectivity index (χ4v) is 3.51. The van der Waals surface area contributed by atoms with E-state index in [9.17, 15) is 4.79 Å². The number of fused-ring (bicyclic) bond motifs is 1. The Balaban J connectivity index is 1.28. The minimum atomic E-state index is -0.990. The minimum absolute atomic E-state index is 0.316. The summed E-state index contributed by atoms with van der Waals surface area (Å²) in [4.78, 5) is 15.1. The van der Waals surface area contributed by atoms with E-state index in [4.69, 9.17) is 14.8 Å². The molecule has 1 aromatic heterocycles. The molecule has 1 amide bonds. The van der Waals surface area contributed by atoms with Crippen molar-refractivity contribution in [2.24, 2.45) is 5.92 Å². The van der Waals surface area contributed by atoms with Crippen molar-refractivity contribution >= 4 is 11.9 Å². The third-order valence-corrected chi connectivity index (χ3v) is 4.92. The van der Waals surface area contributed by atoms with Crippen LogP contribution in [-0.4, -0.2) is 42.0 Å². The van der Waals surface area contributed by atoms with Crippen LogP contribution in [0.5, 0.6) is 0 Å². The van der Waals surface area contributed by atoms with Crippen molar-refractivity contribution in [1.82, 2.24) is 10.3 Å². The van der Waals surface area contributed by atoms with Crippen LogP contribution in [0.25, 0.3) is 0 Å². The van der Waals surface area contributed by atoms with Gasteiger partial charge in [0.2, 0.25) is 0 Å². The van der Waals surface area contributed by atoms with Crippen molar-refractivity contribution in [3.8, 4) is 0 Å². The number of nitrogens with one attached hydrogen (secondary N) is 2. The van der Waals surface area contributed by atoms with Crippen molar-refractivity contribution in [3.05, 3.63) is 23.4 Å². The summed E-state index contributed by atoms with van der Waals surface area (Å²) in [5.41, 5.74) is 2.54. The van der Waals surface area contributed by atoms with Gasteiger partial charge in [0.05, 0.1) is 12.7 Å². The molecule has 24 heavy (non-hydrogen) atoms. The standard InChI is InChI=1S/C18H27N3O3/c22-18(23)20-9-10-24-16-11-13(12-16)3-1-5-15-7-6-14-4-2-8-19-17(14)21-15/h6-7,13,16,20H,1-5,8-12H2,(H,19,21)(H,22,23). The van der Waals surface area contributed by atoms with Crippen LogP contribution < -0.4 is 10.6 Å². The number of aryl methyl sites for hydroxylation is 2. The van der Waals surface area contributed by atoms with E-state index in [1.165, 1.54) is 30.5 Å². The van der Waals surface area contributed by atoms with Gasteiger partial charge in [-0.1, -0.05) is 6.07 Å². The number of rotatable bonds is 8. The Hall–Kier alpha value is -1.82. The first-order valence-electron chi connectivity index (χ1n) is 9.02. The molecule has 2 heterocycles. The van der Waals surface area contributed by atoms with Crippen LogP contribution in [0.2, 0.25) is 0 Å². The molecule has 2 aliphatic rings. The number of hydrogen-bond donors (Lipinski definition) is 3. The first-order chi connectivity index (χ1) is 11.7. The highest BCUT2D eigenvalue weighted by molar-refractivity contribution is 5.64. The fourth-order valence-electron chi connectivity index (χ4n) is 3.51. The van der Waals surface area contributed by atoms with Gasteiger partial charge in [-0.05, 0) is 62.5 Å². The summed E-state index contributed by atoms with van der Waals surface area (Å²) in [7, 11) is 0. The lowest BCUT2D eigenvalue weighted by molar-refractivity contribution is -0.0309. The number of nitrogens with zero attached hydrogens (tertiary/aromatic N) is 1. The molecule has 0 atom stereocenters. The van der Waals surface area contributed by atoms with E-state index in [0.29, 0.717) is 19.3 Å². The summed E-state index contributed by atoms with van der Waals surface area (Å²) in [6.07, 6.45) is 7.31. The van der Waals surface area contributed by atoms with Gasteiger partial charge in [0.15, 0.2) is 0 Å². The van der Waals surface area contributed by atoms with Crippen molar-refractivity contribution < 1.29 is 14.6 Å². The average Bonchev–Trinajstić information content (AvgIpc) is 2.55.